The Hall–Kier alpha value is -1.99. The van der Waals surface area contributed by atoms with E-state index in [0.717, 1.165) is 39.9 Å². The van der Waals surface area contributed by atoms with Gasteiger partial charge in [-0.2, -0.15) is 0 Å². The Balaban J connectivity index is 2.03. The van der Waals surface area contributed by atoms with E-state index in [-0.39, 0.29) is 11.8 Å². The van der Waals surface area contributed by atoms with E-state index >= 15 is 0 Å². The van der Waals surface area contributed by atoms with Crippen molar-refractivity contribution in [2.24, 2.45) is 0 Å². The SMILES string of the molecule is CCCCNC(=O)[C@H](C)N(Cc1ccc(OC)cc1)C(=O)CSCc1ccc(Br)cc1. The molecule has 2 amide bonds. The van der Waals surface area contributed by atoms with E-state index in [2.05, 4.69) is 28.2 Å². The third kappa shape index (κ3) is 8.57. The molecule has 0 unspecified atom stereocenters. The normalized spacial score (nSPS) is 11.6. The van der Waals surface area contributed by atoms with Crippen LogP contribution in [0.3, 0.4) is 0 Å². The smallest absolute Gasteiger partial charge is 0.242 e. The minimum atomic E-state index is -0.542. The lowest BCUT2D eigenvalue weighted by molar-refractivity contribution is -0.138. The lowest BCUT2D eigenvalue weighted by atomic mass is 10.1. The number of halogens is 1. The molecule has 0 aliphatic rings. The summed E-state index contributed by atoms with van der Waals surface area (Å²) in [6.45, 7) is 4.88. The number of hydrogen-bond donors (Lipinski definition) is 1. The fourth-order valence-corrected chi connectivity index (χ4v) is 4.10. The molecular formula is C24H31BrN2O3S. The van der Waals surface area contributed by atoms with E-state index in [0.29, 0.717) is 18.8 Å². The van der Waals surface area contributed by atoms with Gasteiger partial charge in [0.2, 0.25) is 11.8 Å². The first-order valence-electron chi connectivity index (χ1n) is 10.5. The van der Waals surface area contributed by atoms with Crippen molar-refractivity contribution in [2.45, 2.75) is 45.0 Å². The fourth-order valence-electron chi connectivity index (χ4n) is 2.97. The second-order valence-electron chi connectivity index (χ2n) is 7.31. The quantitative estimate of drug-likeness (QED) is 0.410. The van der Waals surface area contributed by atoms with Crippen molar-refractivity contribution in [3.8, 4) is 5.75 Å². The van der Waals surface area contributed by atoms with Crippen LogP contribution in [0.25, 0.3) is 0 Å². The number of nitrogens with zero attached hydrogens (tertiary/aromatic N) is 1. The third-order valence-corrected chi connectivity index (χ3v) is 6.43. The molecule has 0 bridgehead atoms. The maximum atomic E-state index is 13.1. The van der Waals surface area contributed by atoms with Gasteiger partial charge in [-0.25, -0.2) is 0 Å². The minimum absolute atomic E-state index is 0.0453. The Bertz CT molecular complexity index is 828. The topological polar surface area (TPSA) is 58.6 Å². The van der Waals surface area contributed by atoms with Crippen LogP contribution in [0.1, 0.15) is 37.8 Å². The number of ether oxygens (including phenoxy) is 1. The highest BCUT2D eigenvalue weighted by Gasteiger charge is 2.25. The molecule has 0 saturated heterocycles. The van der Waals surface area contributed by atoms with Gasteiger partial charge in [0, 0.05) is 23.3 Å². The van der Waals surface area contributed by atoms with Crippen LogP contribution in [-0.4, -0.2) is 42.2 Å². The number of unbranched alkanes of at least 4 members (excludes halogenated alkanes) is 1. The Labute approximate surface area is 198 Å². The zero-order valence-electron chi connectivity index (χ0n) is 18.4. The van der Waals surface area contributed by atoms with Crippen molar-refractivity contribution < 1.29 is 14.3 Å². The van der Waals surface area contributed by atoms with Crippen LogP contribution in [0.5, 0.6) is 5.75 Å². The Kier molecular flexibility index (Phi) is 10.9. The monoisotopic (exact) mass is 506 g/mol. The van der Waals surface area contributed by atoms with Gasteiger partial charge in [0.1, 0.15) is 11.8 Å². The highest BCUT2D eigenvalue weighted by atomic mass is 79.9. The molecule has 168 valence electrons. The molecule has 5 nitrogen and oxygen atoms in total. The van der Waals surface area contributed by atoms with Crippen molar-refractivity contribution in [1.29, 1.82) is 0 Å². The van der Waals surface area contributed by atoms with Gasteiger partial charge in [0.05, 0.1) is 12.9 Å². The van der Waals surface area contributed by atoms with Gasteiger partial charge in [0.25, 0.3) is 0 Å². The summed E-state index contributed by atoms with van der Waals surface area (Å²) in [5.74, 6) is 1.66. The van der Waals surface area contributed by atoms with E-state index in [1.807, 2.05) is 48.5 Å². The van der Waals surface area contributed by atoms with Gasteiger partial charge >= 0.3 is 0 Å². The standard InChI is InChI=1S/C24H31BrN2O3S/c1-4-5-14-26-24(29)18(2)27(15-19-8-12-22(30-3)13-9-19)23(28)17-31-16-20-6-10-21(25)11-7-20/h6-13,18H,4-5,14-17H2,1-3H3,(H,26,29)/t18-/m0/s1. The van der Waals surface area contributed by atoms with Gasteiger partial charge in [-0.05, 0) is 48.7 Å². The number of rotatable bonds is 12. The number of thioether (sulfide) groups is 1. The summed E-state index contributed by atoms with van der Waals surface area (Å²) in [4.78, 5) is 27.4. The molecule has 7 heteroatoms. The molecular weight excluding hydrogens is 476 g/mol. The van der Waals surface area contributed by atoms with Crippen molar-refractivity contribution in [3.63, 3.8) is 0 Å². The second kappa shape index (κ2) is 13.4. The summed E-state index contributed by atoms with van der Waals surface area (Å²) < 4.78 is 6.25. The predicted molar refractivity (Wildman–Crippen MR) is 131 cm³/mol. The number of carbonyl (C=O) groups excluding carboxylic acids is 2. The first-order chi connectivity index (χ1) is 14.9. The Morgan fingerprint density at radius 3 is 2.35 bits per heavy atom. The molecule has 2 aromatic carbocycles. The van der Waals surface area contributed by atoms with Gasteiger partial charge < -0.3 is 15.0 Å². The van der Waals surface area contributed by atoms with Gasteiger partial charge in [-0.1, -0.05) is 53.5 Å². The largest absolute Gasteiger partial charge is 0.497 e. The lowest BCUT2D eigenvalue weighted by Gasteiger charge is -2.29. The number of methoxy groups -OCH3 is 1. The predicted octanol–water partition coefficient (Wildman–Crippen LogP) is 5.02. The minimum Gasteiger partial charge on any atom is -0.497 e. The number of benzene rings is 2. The van der Waals surface area contributed by atoms with E-state index in [4.69, 9.17) is 4.74 Å². The van der Waals surface area contributed by atoms with E-state index in [1.54, 1.807) is 30.7 Å². The first-order valence-corrected chi connectivity index (χ1v) is 12.4. The summed E-state index contributed by atoms with van der Waals surface area (Å²) in [5, 5.41) is 2.95. The van der Waals surface area contributed by atoms with Crippen LogP contribution in [0, 0.1) is 0 Å². The summed E-state index contributed by atoms with van der Waals surface area (Å²) in [6.07, 6.45) is 1.93. The molecule has 0 aromatic heterocycles. The van der Waals surface area contributed by atoms with Crippen LogP contribution < -0.4 is 10.1 Å². The lowest BCUT2D eigenvalue weighted by Crippen LogP contribution is -2.48. The summed E-state index contributed by atoms with van der Waals surface area (Å²) >= 11 is 4.99. The van der Waals surface area contributed by atoms with E-state index < -0.39 is 6.04 Å². The first kappa shape index (κ1) is 25.3. The molecule has 1 N–H and O–H groups in total. The molecule has 0 fully saturated rings. The molecule has 0 saturated carbocycles. The summed E-state index contributed by atoms with van der Waals surface area (Å²) in [7, 11) is 1.62. The second-order valence-corrected chi connectivity index (χ2v) is 9.21. The molecule has 2 aromatic rings. The van der Waals surface area contributed by atoms with Gasteiger partial charge in [-0.3, -0.25) is 9.59 Å². The van der Waals surface area contributed by atoms with E-state index in [9.17, 15) is 9.59 Å². The number of hydrogen-bond acceptors (Lipinski definition) is 4. The molecule has 0 aliphatic carbocycles. The molecule has 0 radical (unpaired) electrons. The highest BCUT2D eigenvalue weighted by Crippen LogP contribution is 2.19. The zero-order chi connectivity index (χ0) is 22.6. The Morgan fingerprint density at radius 1 is 1.10 bits per heavy atom. The van der Waals surface area contributed by atoms with Gasteiger partial charge in [-0.15, -0.1) is 11.8 Å². The average molecular weight is 507 g/mol. The number of amides is 2. The third-order valence-electron chi connectivity index (χ3n) is 4.92. The van der Waals surface area contributed by atoms with Crippen LogP contribution >= 0.6 is 27.7 Å². The van der Waals surface area contributed by atoms with Crippen molar-refractivity contribution in [1.82, 2.24) is 10.2 Å². The van der Waals surface area contributed by atoms with Crippen LogP contribution in [-0.2, 0) is 21.9 Å². The number of nitrogens with one attached hydrogen (secondary N) is 1. The maximum absolute atomic E-state index is 13.1. The van der Waals surface area contributed by atoms with Crippen molar-refractivity contribution in [2.75, 3.05) is 19.4 Å². The van der Waals surface area contributed by atoms with Crippen LogP contribution in [0.4, 0.5) is 0 Å². The molecule has 1 atom stereocenters. The molecule has 0 heterocycles. The number of carbonyl (C=O) groups is 2. The summed E-state index contributed by atoms with van der Waals surface area (Å²) in [5.41, 5.74) is 2.12. The molecule has 0 spiro atoms. The maximum Gasteiger partial charge on any atom is 0.242 e. The van der Waals surface area contributed by atoms with Crippen molar-refractivity contribution in [3.05, 3.63) is 64.1 Å². The van der Waals surface area contributed by atoms with Crippen LogP contribution in [0.2, 0.25) is 0 Å². The fraction of sp³-hybridized carbons (Fsp3) is 0.417. The average Bonchev–Trinajstić information content (AvgIpc) is 2.78. The van der Waals surface area contributed by atoms with Gasteiger partial charge in [0.15, 0.2) is 0 Å². The van der Waals surface area contributed by atoms with E-state index in [1.165, 1.54) is 0 Å². The van der Waals surface area contributed by atoms with Crippen molar-refractivity contribution >= 4 is 39.5 Å². The van der Waals surface area contributed by atoms with Crippen LogP contribution in [0.15, 0.2) is 53.0 Å². The molecule has 2 rings (SSSR count). The molecule has 0 aliphatic heterocycles. The summed E-state index contributed by atoms with van der Waals surface area (Å²) in [6, 6.07) is 15.1. The Morgan fingerprint density at radius 2 is 1.74 bits per heavy atom. The molecule has 31 heavy (non-hydrogen) atoms. The highest BCUT2D eigenvalue weighted by molar-refractivity contribution is 9.10. The zero-order valence-corrected chi connectivity index (χ0v) is 20.8.